The molecule has 29 heavy (non-hydrogen) atoms. The summed E-state index contributed by atoms with van der Waals surface area (Å²) in [6.45, 7) is 1.32. The van der Waals surface area contributed by atoms with E-state index in [2.05, 4.69) is 4.74 Å². The van der Waals surface area contributed by atoms with E-state index in [1.165, 1.54) is 6.92 Å². The Labute approximate surface area is 167 Å². The van der Waals surface area contributed by atoms with Crippen LogP contribution in [0.3, 0.4) is 0 Å². The lowest BCUT2D eigenvalue weighted by Crippen LogP contribution is -2.67. The molecule has 1 atom stereocenters. The summed E-state index contributed by atoms with van der Waals surface area (Å²) in [5.74, 6) is -4.00. The van der Waals surface area contributed by atoms with Crippen LogP contribution in [0.2, 0.25) is 0 Å². The summed E-state index contributed by atoms with van der Waals surface area (Å²) in [6.07, 6.45) is 0.875. The highest BCUT2D eigenvalue weighted by Gasteiger charge is 2.71. The third-order valence-corrected chi connectivity index (χ3v) is 6.43. The minimum Gasteiger partial charge on any atom is -0.466 e. The maximum atomic E-state index is 14.5. The van der Waals surface area contributed by atoms with Crippen LogP contribution in [0.4, 0.5) is 13.2 Å². The lowest BCUT2D eigenvalue weighted by molar-refractivity contribution is -0.197. The standard InChI is InChI=1S/C20H27F3N2O4/c1-12-15(17(27)29-2)19(20(21,22)23,18(28)25(12)14-10-6-7-11-14)24-16(26)13-8-4-3-5-9-13/h13-14H,3-11H2,1-2H3,(H,24,26)/t19-/m1/s1. The SMILES string of the molecule is COC(=O)C1=C(C)N(C2CCCC2)C(=O)[C@@]1(NC(=O)C1CCCCC1)C(F)(F)F. The van der Waals surface area contributed by atoms with E-state index in [-0.39, 0.29) is 5.70 Å². The number of nitrogens with zero attached hydrogens (tertiary/aromatic N) is 1. The van der Waals surface area contributed by atoms with E-state index in [1.54, 1.807) is 0 Å². The average Bonchev–Trinajstić information content (AvgIpc) is 3.27. The van der Waals surface area contributed by atoms with Crippen molar-refractivity contribution in [3.8, 4) is 0 Å². The number of hydrogen-bond donors (Lipinski definition) is 1. The van der Waals surface area contributed by atoms with Gasteiger partial charge in [-0.15, -0.1) is 0 Å². The van der Waals surface area contributed by atoms with Crippen molar-refractivity contribution in [2.24, 2.45) is 5.92 Å². The van der Waals surface area contributed by atoms with E-state index < -0.39 is 47.0 Å². The first-order valence-corrected chi connectivity index (χ1v) is 10.2. The number of esters is 1. The zero-order chi connectivity index (χ0) is 21.4. The van der Waals surface area contributed by atoms with E-state index in [4.69, 9.17) is 0 Å². The number of methoxy groups -OCH3 is 1. The quantitative estimate of drug-likeness (QED) is 0.714. The Morgan fingerprint density at radius 1 is 1.07 bits per heavy atom. The number of carbonyl (C=O) groups is 3. The van der Waals surface area contributed by atoms with Crippen LogP contribution >= 0.6 is 0 Å². The molecule has 0 aromatic heterocycles. The number of amides is 2. The zero-order valence-corrected chi connectivity index (χ0v) is 16.7. The normalized spacial score (nSPS) is 26.9. The van der Waals surface area contributed by atoms with Crippen molar-refractivity contribution in [1.29, 1.82) is 0 Å². The molecule has 3 aliphatic rings. The predicted molar refractivity (Wildman–Crippen MR) is 97.3 cm³/mol. The van der Waals surface area contributed by atoms with Crippen molar-refractivity contribution < 1.29 is 32.3 Å². The average molecular weight is 416 g/mol. The molecular formula is C20H27F3N2O4. The molecule has 0 radical (unpaired) electrons. The lowest BCUT2D eigenvalue weighted by atomic mass is 9.85. The highest BCUT2D eigenvalue weighted by Crippen LogP contribution is 2.47. The van der Waals surface area contributed by atoms with Gasteiger partial charge in [-0.3, -0.25) is 9.59 Å². The summed E-state index contributed by atoms with van der Waals surface area (Å²) in [7, 11) is 0.968. The molecule has 162 valence electrons. The van der Waals surface area contributed by atoms with E-state index in [9.17, 15) is 27.6 Å². The molecule has 9 heteroatoms. The molecule has 2 amide bonds. The zero-order valence-electron chi connectivity index (χ0n) is 16.7. The summed E-state index contributed by atoms with van der Waals surface area (Å²) >= 11 is 0. The third-order valence-electron chi connectivity index (χ3n) is 6.43. The van der Waals surface area contributed by atoms with Gasteiger partial charge in [0.1, 0.15) is 5.57 Å². The molecule has 1 N–H and O–H groups in total. The first-order valence-electron chi connectivity index (χ1n) is 10.2. The molecule has 1 heterocycles. The number of hydrogen-bond acceptors (Lipinski definition) is 4. The third kappa shape index (κ3) is 3.53. The second-order valence-corrected chi connectivity index (χ2v) is 8.14. The second kappa shape index (κ2) is 7.99. The Balaban J connectivity index is 2.07. The number of allylic oxidation sites excluding steroid dienone is 1. The van der Waals surface area contributed by atoms with Crippen LogP contribution in [0.25, 0.3) is 0 Å². The fourth-order valence-electron chi connectivity index (χ4n) is 4.94. The fourth-order valence-corrected chi connectivity index (χ4v) is 4.94. The largest absolute Gasteiger partial charge is 0.466 e. The smallest absolute Gasteiger partial charge is 0.425 e. The van der Waals surface area contributed by atoms with Gasteiger partial charge in [0.25, 0.3) is 5.91 Å². The van der Waals surface area contributed by atoms with E-state index in [1.807, 2.05) is 5.32 Å². The number of nitrogens with one attached hydrogen (secondary N) is 1. The van der Waals surface area contributed by atoms with Crippen molar-refractivity contribution >= 4 is 17.8 Å². The molecular weight excluding hydrogens is 389 g/mol. The van der Waals surface area contributed by atoms with Gasteiger partial charge in [0.2, 0.25) is 11.4 Å². The molecule has 0 saturated heterocycles. The highest BCUT2D eigenvalue weighted by molar-refractivity contribution is 6.10. The van der Waals surface area contributed by atoms with Gasteiger partial charge in [-0.1, -0.05) is 32.1 Å². The molecule has 0 bridgehead atoms. The maximum Gasteiger partial charge on any atom is 0.425 e. The van der Waals surface area contributed by atoms with Gasteiger partial charge in [-0.2, -0.15) is 13.2 Å². The number of carbonyl (C=O) groups excluding carboxylic acids is 3. The van der Waals surface area contributed by atoms with Crippen molar-refractivity contribution in [1.82, 2.24) is 10.2 Å². The molecule has 0 aromatic carbocycles. The summed E-state index contributed by atoms with van der Waals surface area (Å²) < 4.78 is 48.0. The lowest BCUT2D eigenvalue weighted by Gasteiger charge is -2.35. The number of alkyl halides is 3. The maximum absolute atomic E-state index is 14.5. The van der Waals surface area contributed by atoms with Gasteiger partial charge in [0, 0.05) is 17.7 Å². The van der Waals surface area contributed by atoms with Gasteiger partial charge < -0.3 is 15.0 Å². The van der Waals surface area contributed by atoms with Crippen LogP contribution in [-0.2, 0) is 19.1 Å². The molecule has 0 spiro atoms. The Morgan fingerprint density at radius 3 is 2.14 bits per heavy atom. The van der Waals surface area contributed by atoms with Crippen molar-refractivity contribution in [2.75, 3.05) is 7.11 Å². The van der Waals surface area contributed by atoms with Gasteiger partial charge in [0.05, 0.1) is 7.11 Å². The topological polar surface area (TPSA) is 75.7 Å². The molecule has 2 fully saturated rings. The molecule has 3 rings (SSSR count). The number of rotatable bonds is 4. The van der Waals surface area contributed by atoms with Crippen LogP contribution in [0.5, 0.6) is 0 Å². The fraction of sp³-hybridized carbons (Fsp3) is 0.750. The first kappa shape index (κ1) is 21.6. The van der Waals surface area contributed by atoms with Crippen molar-refractivity contribution in [3.63, 3.8) is 0 Å². The van der Waals surface area contributed by atoms with Gasteiger partial charge in [0.15, 0.2) is 0 Å². The van der Waals surface area contributed by atoms with Crippen LogP contribution in [0.15, 0.2) is 11.3 Å². The van der Waals surface area contributed by atoms with Crippen LogP contribution in [0.1, 0.15) is 64.7 Å². The molecule has 6 nitrogen and oxygen atoms in total. The Kier molecular flexibility index (Phi) is 5.96. The van der Waals surface area contributed by atoms with Gasteiger partial charge >= 0.3 is 12.1 Å². The van der Waals surface area contributed by atoms with Crippen molar-refractivity contribution in [3.05, 3.63) is 11.3 Å². The number of ether oxygens (including phenoxy) is 1. The minimum atomic E-state index is -5.19. The summed E-state index contributed by atoms with van der Waals surface area (Å²) in [5, 5.41) is 1.99. The van der Waals surface area contributed by atoms with Gasteiger partial charge in [-0.05, 0) is 32.6 Å². The first-order chi connectivity index (χ1) is 13.6. The second-order valence-electron chi connectivity index (χ2n) is 8.14. The van der Waals surface area contributed by atoms with Crippen molar-refractivity contribution in [2.45, 2.75) is 82.5 Å². The monoisotopic (exact) mass is 416 g/mol. The molecule has 0 unspecified atom stereocenters. The molecule has 2 saturated carbocycles. The Hall–Kier alpha value is -2.06. The van der Waals surface area contributed by atoms with Crippen LogP contribution in [-0.4, -0.2) is 47.6 Å². The molecule has 0 aromatic rings. The highest BCUT2D eigenvalue weighted by atomic mass is 19.4. The van der Waals surface area contributed by atoms with Gasteiger partial charge in [-0.25, -0.2) is 4.79 Å². The van der Waals surface area contributed by atoms with Crippen LogP contribution < -0.4 is 5.32 Å². The summed E-state index contributed by atoms with van der Waals surface area (Å²) in [6, 6.07) is -0.419. The van der Waals surface area contributed by atoms with E-state index >= 15 is 0 Å². The van der Waals surface area contributed by atoms with E-state index in [0.717, 1.165) is 44.1 Å². The van der Waals surface area contributed by atoms with E-state index in [0.29, 0.717) is 25.7 Å². The molecule has 2 aliphatic carbocycles. The Morgan fingerprint density at radius 2 is 1.62 bits per heavy atom. The molecule has 1 aliphatic heterocycles. The van der Waals surface area contributed by atoms with Crippen LogP contribution in [0, 0.1) is 5.92 Å². The minimum absolute atomic E-state index is 0.0879. The summed E-state index contributed by atoms with van der Waals surface area (Å²) in [4.78, 5) is 39.6. The Bertz CT molecular complexity index is 722. The predicted octanol–water partition coefficient (Wildman–Crippen LogP) is 3.22. The summed E-state index contributed by atoms with van der Waals surface area (Å²) in [5.41, 5.74) is -4.31. The number of halogens is 3.